The van der Waals surface area contributed by atoms with Gasteiger partial charge < -0.3 is 19.1 Å². The number of piperidine rings is 1. The van der Waals surface area contributed by atoms with Gasteiger partial charge >= 0.3 is 0 Å². The maximum absolute atomic E-state index is 12.8. The lowest BCUT2D eigenvalue weighted by atomic mass is 9.34. The van der Waals surface area contributed by atoms with E-state index in [9.17, 15) is 4.79 Å². The standard InChI is InChI=1S/C23H29NO4/c1-13(25)15-12-21-7-8-23(15,27-4)20-22(21)9-10-24(2)17(21)11-14-5-6-16(26-3)19(28-20)18(14)22/h5-6,15,17,20H,7-12H2,1-4H3/t15?,17-,20?,21+,22+,23-/m1/s1. The van der Waals surface area contributed by atoms with Crippen molar-refractivity contribution in [3.8, 4) is 11.5 Å². The molecule has 28 heavy (non-hydrogen) atoms. The van der Waals surface area contributed by atoms with Crippen molar-refractivity contribution >= 4 is 5.78 Å². The summed E-state index contributed by atoms with van der Waals surface area (Å²) in [6, 6.07) is 4.75. The molecule has 4 bridgehead atoms. The lowest BCUT2D eigenvalue weighted by molar-refractivity contribution is -0.270. The van der Waals surface area contributed by atoms with E-state index in [1.54, 1.807) is 21.1 Å². The van der Waals surface area contributed by atoms with E-state index in [1.165, 1.54) is 11.1 Å². The maximum Gasteiger partial charge on any atom is 0.165 e. The Morgan fingerprint density at radius 3 is 2.79 bits per heavy atom. The van der Waals surface area contributed by atoms with E-state index in [4.69, 9.17) is 14.2 Å². The van der Waals surface area contributed by atoms with Gasteiger partial charge in [0.1, 0.15) is 17.5 Å². The number of nitrogens with zero attached hydrogens (tertiary/aromatic N) is 1. The Morgan fingerprint density at radius 2 is 2.07 bits per heavy atom. The monoisotopic (exact) mass is 383 g/mol. The summed E-state index contributed by atoms with van der Waals surface area (Å²) in [6.45, 7) is 2.80. The number of ether oxygens (including phenoxy) is 3. The maximum atomic E-state index is 12.8. The second kappa shape index (κ2) is 5.11. The Hall–Kier alpha value is -1.59. The number of hydrogen-bond acceptors (Lipinski definition) is 5. The minimum atomic E-state index is -0.535. The van der Waals surface area contributed by atoms with Crippen molar-refractivity contribution in [1.29, 1.82) is 0 Å². The van der Waals surface area contributed by atoms with Crippen molar-refractivity contribution in [2.24, 2.45) is 11.3 Å². The van der Waals surface area contributed by atoms with Crippen LogP contribution < -0.4 is 9.47 Å². The first kappa shape index (κ1) is 17.3. The molecule has 1 aromatic rings. The van der Waals surface area contributed by atoms with Crippen LogP contribution in [-0.2, 0) is 21.4 Å². The van der Waals surface area contributed by atoms with Gasteiger partial charge in [0.25, 0.3) is 0 Å². The fraction of sp³-hybridized carbons (Fsp3) is 0.696. The fourth-order valence-electron chi connectivity index (χ4n) is 8.30. The van der Waals surface area contributed by atoms with Gasteiger partial charge in [0.05, 0.1) is 13.0 Å². The van der Waals surface area contributed by atoms with Crippen LogP contribution in [0.25, 0.3) is 0 Å². The molecule has 5 heteroatoms. The van der Waals surface area contributed by atoms with Crippen LogP contribution in [-0.4, -0.2) is 56.2 Å². The van der Waals surface area contributed by atoms with E-state index in [0.29, 0.717) is 6.04 Å². The van der Waals surface area contributed by atoms with Crippen molar-refractivity contribution in [2.45, 2.75) is 62.2 Å². The van der Waals surface area contributed by atoms with E-state index in [1.807, 2.05) is 0 Å². The third-order valence-corrected chi connectivity index (χ3v) is 9.32. The van der Waals surface area contributed by atoms with E-state index >= 15 is 0 Å². The molecule has 3 saturated carbocycles. The Bertz CT molecular complexity index is 899. The Kier molecular flexibility index (Phi) is 3.16. The zero-order valence-electron chi connectivity index (χ0n) is 17.2. The molecule has 1 saturated heterocycles. The highest BCUT2D eigenvalue weighted by atomic mass is 16.6. The van der Waals surface area contributed by atoms with Gasteiger partial charge in [-0.3, -0.25) is 4.79 Å². The third kappa shape index (κ3) is 1.53. The molecule has 6 atom stereocenters. The molecule has 4 aliphatic carbocycles. The highest BCUT2D eigenvalue weighted by Gasteiger charge is 2.80. The molecule has 0 aromatic heterocycles. The van der Waals surface area contributed by atoms with E-state index < -0.39 is 5.60 Å². The molecule has 5 nitrogen and oxygen atoms in total. The number of fused-ring (bicyclic) bond motifs is 2. The van der Waals surface area contributed by atoms with Gasteiger partial charge in [-0.1, -0.05) is 6.07 Å². The molecular weight excluding hydrogens is 354 g/mol. The molecule has 150 valence electrons. The number of carbonyl (C=O) groups is 1. The summed E-state index contributed by atoms with van der Waals surface area (Å²) in [5.74, 6) is 1.89. The molecule has 6 aliphatic rings. The number of ketones is 1. The summed E-state index contributed by atoms with van der Waals surface area (Å²) in [4.78, 5) is 15.4. The molecule has 2 unspecified atom stereocenters. The van der Waals surface area contributed by atoms with Gasteiger partial charge in [0.2, 0.25) is 0 Å². The van der Waals surface area contributed by atoms with Crippen molar-refractivity contribution < 1.29 is 19.0 Å². The Labute approximate surface area is 166 Å². The first-order chi connectivity index (χ1) is 13.4. The van der Waals surface area contributed by atoms with Gasteiger partial charge in [-0.25, -0.2) is 0 Å². The van der Waals surface area contributed by atoms with Crippen LogP contribution in [0.3, 0.4) is 0 Å². The summed E-state index contributed by atoms with van der Waals surface area (Å²) < 4.78 is 18.8. The smallest absolute Gasteiger partial charge is 0.165 e. The lowest BCUT2D eigenvalue weighted by Crippen LogP contribution is -2.81. The highest BCUT2D eigenvalue weighted by Crippen LogP contribution is 2.76. The number of Topliss-reactive ketones (excluding diaryl/α,β-unsaturated/α-hetero) is 1. The van der Waals surface area contributed by atoms with Crippen LogP contribution in [0.15, 0.2) is 12.1 Å². The quantitative estimate of drug-likeness (QED) is 0.803. The first-order valence-electron chi connectivity index (χ1n) is 10.6. The van der Waals surface area contributed by atoms with Gasteiger partial charge in [-0.05, 0) is 64.3 Å². The molecule has 7 rings (SSSR count). The highest BCUT2D eigenvalue weighted by molar-refractivity contribution is 5.81. The number of carbonyl (C=O) groups excluding carboxylic acids is 1. The zero-order valence-corrected chi connectivity index (χ0v) is 17.2. The van der Waals surface area contributed by atoms with Crippen LogP contribution in [0.1, 0.15) is 43.7 Å². The minimum absolute atomic E-state index is 0.0676. The first-order valence-corrected chi connectivity index (χ1v) is 10.6. The molecule has 1 aromatic carbocycles. The van der Waals surface area contributed by atoms with Crippen LogP contribution in [0.4, 0.5) is 0 Å². The number of rotatable bonds is 3. The van der Waals surface area contributed by atoms with Crippen molar-refractivity contribution in [1.82, 2.24) is 4.90 Å². The van der Waals surface area contributed by atoms with Crippen LogP contribution >= 0.6 is 0 Å². The predicted molar refractivity (Wildman–Crippen MR) is 104 cm³/mol. The second-order valence-electron chi connectivity index (χ2n) is 9.73. The summed E-state index contributed by atoms with van der Waals surface area (Å²) in [5.41, 5.74) is 2.25. The Balaban J connectivity index is 1.69. The molecule has 2 spiro atoms. The third-order valence-electron chi connectivity index (χ3n) is 9.32. The number of likely N-dealkylation sites (tertiary alicyclic amines) is 1. The number of likely N-dealkylation sites (N-methyl/N-ethyl adjacent to an activating group) is 1. The van der Waals surface area contributed by atoms with Crippen LogP contribution in [0, 0.1) is 11.3 Å². The SMILES string of the molecule is COc1ccc2c3c1OC1[C@@]4(OC)CC[C@]5(CC4C(C)=O)[C@@H](C2)N(C)CC[C@]315. The summed E-state index contributed by atoms with van der Waals surface area (Å²) in [6.07, 6.45) is 4.91. The van der Waals surface area contributed by atoms with Crippen molar-refractivity contribution in [3.63, 3.8) is 0 Å². The van der Waals surface area contributed by atoms with Crippen molar-refractivity contribution in [3.05, 3.63) is 23.3 Å². The number of methoxy groups -OCH3 is 2. The average Bonchev–Trinajstić information content (AvgIpc) is 3.07. The molecule has 0 amide bonds. The van der Waals surface area contributed by atoms with Crippen molar-refractivity contribution in [2.75, 3.05) is 27.8 Å². The average molecular weight is 383 g/mol. The van der Waals surface area contributed by atoms with Gasteiger partial charge in [-0.2, -0.15) is 0 Å². The number of benzene rings is 1. The zero-order chi connectivity index (χ0) is 19.5. The molecular formula is C23H29NO4. The van der Waals surface area contributed by atoms with E-state index in [0.717, 1.165) is 50.1 Å². The van der Waals surface area contributed by atoms with Gasteiger partial charge in [0.15, 0.2) is 11.5 Å². The minimum Gasteiger partial charge on any atom is -0.493 e. The summed E-state index contributed by atoms with van der Waals surface area (Å²) in [7, 11) is 5.77. The van der Waals surface area contributed by atoms with Gasteiger partial charge in [-0.15, -0.1) is 0 Å². The molecule has 0 radical (unpaired) electrons. The molecule has 2 heterocycles. The van der Waals surface area contributed by atoms with E-state index in [-0.39, 0.29) is 28.6 Å². The second-order valence-corrected chi connectivity index (χ2v) is 9.73. The number of hydrogen-bond donors (Lipinski definition) is 0. The summed E-state index contributed by atoms with van der Waals surface area (Å²) in [5, 5.41) is 0. The van der Waals surface area contributed by atoms with Crippen LogP contribution in [0.2, 0.25) is 0 Å². The Morgan fingerprint density at radius 1 is 1.25 bits per heavy atom. The normalized spacial score (nSPS) is 44.8. The predicted octanol–water partition coefficient (Wildman–Crippen LogP) is 2.73. The van der Waals surface area contributed by atoms with E-state index in [2.05, 4.69) is 24.1 Å². The molecule has 4 fully saturated rings. The van der Waals surface area contributed by atoms with Crippen LogP contribution in [0.5, 0.6) is 11.5 Å². The largest absolute Gasteiger partial charge is 0.493 e. The fourth-order valence-corrected chi connectivity index (χ4v) is 8.30. The topological polar surface area (TPSA) is 48.0 Å². The molecule has 2 aliphatic heterocycles. The lowest BCUT2D eigenvalue weighted by Gasteiger charge is -2.73. The van der Waals surface area contributed by atoms with Gasteiger partial charge in [0, 0.05) is 29.5 Å². The summed E-state index contributed by atoms with van der Waals surface area (Å²) >= 11 is 0. The molecule has 0 N–H and O–H groups in total.